The highest BCUT2D eigenvalue weighted by molar-refractivity contribution is 14.1. The van der Waals surface area contributed by atoms with E-state index in [1.807, 2.05) is 0 Å². The van der Waals surface area contributed by atoms with Crippen molar-refractivity contribution in [3.05, 3.63) is 76.0 Å². The average Bonchev–Trinajstić information content (AvgIpc) is 2.52. The first-order valence-corrected chi connectivity index (χ1v) is 14.7. The number of hydrogen-bond acceptors (Lipinski definition) is 0. The third-order valence-corrected chi connectivity index (χ3v) is 11.9. The fraction of sp³-hybridized carbons (Fsp3) is 0. The molecule has 128 valence electrons. The fourth-order valence-corrected chi connectivity index (χ4v) is 14.3. The zero-order chi connectivity index (χ0) is 18.1. The summed E-state index contributed by atoms with van der Waals surface area (Å²) in [4.78, 5) is 4.24. The zero-order valence-corrected chi connectivity index (χ0v) is 26.1. The van der Waals surface area contributed by atoms with Gasteiger partial charge in [0.2, 0.25) is 0 Å². The molecule has 0 N–H and O–H groups in total. The Kier molecular flexibility index (Phi) is 8.77. The third kappa shape index (κ3) is 5.31. The molecule has 0 nitrogen and oxygen atoms in total. The van der Waals surface area contributed by atoms with Crippen LogP contribution in [0.15, 0.2) is 69.3 Å². The van der Waals surface area contributed by atoms with Crippen molar-refractivity contribution >= 4 is 146 Å². The van der Waals surface area contributed by atoms with Gasteiger partial charge in [-0.2, -0.15) is 0 Å². The Morgan fingerprint density at radius 3 is 1.24 bits per heavy atom. The Bertz CT molecular complexity index is 823. The Balaban J connectivity index is 2.34. The van der Waals surface area contributed by atoms with Crippen LogP contribution >= 0.6 is 136 Å². The molecule has 0 radical (unpaired) electrons. The molecule has 7 heteroatoms. The Morgan fingerprint density at radius 1 is 0.520 bits per heavy atom. The molecule has 0 unspecified atom stereocenters. The second-order valence-corrected chi connectivity index (χ2v) is 14.1. The lowest BCUT2D eigenvalue weighted by Gasteiger charge is -2.14. The molecule has 0 aliphatic heterocycles. The highest BCUT2D eigenvalue weighted by Gasteiger charge is 2.37. The van der Waals surface area contributed by atoms with Crippen LogP contribution in [0.25, 0.3) is 0 Å². The standard InChI is InChI=1S/C18H9I6S/c19-10-6-13(21)17(14(22)7-10)25(12-4-2-1-3-5-12)18-15(23)8-11(20)9-16(18)24/h1-9H/q+1. The van der Waals surface area contributed by atoms with Crippen LogP contribution in [-0.4, -0.2) is 0 Å². The van der Waals surface area contributed by atoms with Crippen molar-refractivity contribution in [2.24, 2.45) is 0 Å². The van der Waals surface area contributed by atoms with Gasteiger partial charge in [0.1, 0.15) is 10.9 Å². The van der Waals surface area contributed by atoms with Crippen LogP contribution in [0.1, 0.15) is 0 Å². The Hall–Kier alpha value is 2.39. The van der Waals surface area contributed by atoms with Crippen molar-refractivity contribution < 1.29 is 0 Å². The minimum atomic E-state index is -0.114. The minimum Gasteiger partial charge on any atom is -0.0619 e. The van der Waals surface area contributed by atoms with E-state index in [9.17, 15) is 0 Å². The van der Waals surface area contributed by atoms with Gasteiger partial charge < -0.3 is 0 Å². The molecule has 0 aliphatic rings. The Morgan fingerprint density at radius 2 is 0.880 bits per heavy atom. The highest BCUT2D eigenvalue weighted by Crippen LogP contribution is 2.41. The molecule has 0 spiro atoms. The molecule has 0 saturated carbocycles. The summed E-state index contributed by atoms with van der Waals surface area (Å²) in [7, 11) is -0.114. The molecule has 0 fully saturated rings. The lowest BCUT2D eigenvalue weighted by Crippen LogP contribution is -2.12. The van der Waals surface area contributed by atoms with E-state index >= 15 is 0 Å². The van der Waals surface area contributed by atoms with Crippen LogP contribution in [-0.2, 0) is 10.9 Å². The van der Waals surface area contributed by atoms with Gasteiger partial charge in [0, 0.05) is 7.14 Å². The van der Waals surface area contributed by atoms with E-state index in [2.05, 4.69) is 190 Å². The SMILES string of the molecule is Ic1cc(I)c([S+](c2ccccc2)c2c(I)cc(I)cc2I)c(I)c1. The van der Waals surface area contributed by atoms with Gasteiger partial charge in [-0.25, -0.2) is 0 Å². The van der Waals surface area contributed by atoms with Gasteiger partial charge in [-0.05, 0) is 172 Å². The van der Waals surface area contributed by atoms with Gasteiger partial charge in [-0.1, -0.05) is 18.2 Å². The summed E-state index contributed by atoms with van der Waals surface area (Å²) in [5.74, 6) is 0. The quantitative estimate of drug-likeness (QED) is 0.183. The van der Waals surface area contributed by atoms with Crippen molar-refractivity contribution in [3.63, 3.8) is 0 Å². The molecule has 25 heavy (non-hydrogen) atoms. The number of benzene rings is 3. The average molecular weight is 1020 g/mol. The largest absolute Gasteiger partial charge is 0.193 e. The first-order valence-electron chi connectivity index (χ1n) is 6.97. The maximum Gasteiger partial charge on any atom is 0.193 e. The van der Waals surface area contributed by atoms with Crippen molar-refractivity contribution in [1.29, 1.82) is 0 Å². The third-order valence-electron chi connectivity index (χ3n) is 3.31. The number of halogens is 6. The van der Waals surface area contributed by atoms with Crippen LogP contribution in [0.5, 0.6) is 0 Å². The van der Waals surface area contributed by atoms with Gasteiger partial charge >= 0.3 is 0 Å². The maximum absolute atomic E-state index is 2.50. The summed E-state index contributed by atoms with van der Waals surface area (Å²) in [5, 5.41) is 0. The number of hydrogen-bond donors (Lipinski definition) is 0. The summed E-state index contributed by atoms with van der Waals surface area (Å²) in [6.45, 7) is 0. The van der Waals surface area contributed by atoms with Crippen molar-refractivity contribution in [1.82, 2.24) is 0 Å². The topological polar surface area (TPSA) is 0 Å². The molecule has 3 rings (SSSR count). The molecular formula is C18H9I6S+. The van der Waals surface area contributed by atoms with E-state index in [4.69, 9.17) is 0 Å². The lowest BCUT2D eigenvalue weighted by atomic mass is 10.4. The molecule has 3 aromatic rings. The van der Waals surface area contributed by atoms with Crippen molar-refractivity contribution in [2.45, 2.75) is 14.7 Å². The van der Waals surface area contributed by atoms with Crippen LogP contribution < -0.4 is 0 Å². The van der Waals surface area contributed by atoms with Gasteiger partial charge in [0.15, 0.2) is 14.7 Å². The molecule has 0 heterocycles. The number of rotatable bonds is 3. The van der Waals surface area contributed by atoms with E-state index < -0.39 is 0 Å². The van der Waals surface area contributed by atoms with E-state index in [-0.39, 0.29) is 10.9 Å². The minimum absolute atomic E-state index is 0.114. The van der Waals surface area contributed by atoms with Crippen molar-refractivity contribution in [3.8, 4) is 0 Å². The fourth-order valence-electron chi connectivity index (χ4n) is 2.34. The normalized spacial score (nSPS) is 11.2. The summed E-state index contributed by atoms with van der Waals surface area (Å²) in [6, 6.07) is 20.1. The molecule has 0 aliphatic carbocycles. The summed E-state index contributed by atoms with van der Waals surface area (Å²) < 4.78 is 7.94. The summed E-state index contributed by atoms with van der Waals surface area (Å²) in [6.07, 6.45) is 0. The van der Waals surface area contributed by atoms with Crippen LogP contribution in [0.3, 0.4) is 0 Å². The lowest BCUT2D eigenvalue weighted by molar-refractivity contribution is 1.23. The first-order chi connectivity index (χ1) is 11.9. The molecule has 0 bridgehead atoms. The molecular weight excluding hydrogens is 1010 g/mol. The van der Waals surface area contributed by atoms with Crippen molar-refractivity contribution in [2.75, 3.05) is 0 Å². The van der Waals surface area contributed by atoms with Gasteiger partial charge in [-0.15, -0.1) is 0 Å². The van der Waals surface area contributed by atoms with E-state index in [1.165, 1.54) is 36.1 Å². The smallest absolute Gasteiger partial charge is 0.0619 e. The monoisotopic (exact) mass is 1020 g/mol. The molecule has 0 amide bonds. The van der Waals surface area contributed by atoms with Gasteiger partial charge in [0.25, 0.3) is 0 Å². The first kappa shape index (κ1) is 22.1. The van der Waals surface area contributed by atoms with E-state index in [0.717, 1.165) is 0 Å². The Labute approximate surface area is 232 Å². The van der Waals surface area contributed by atoms with Crippen LogP contribution in [0.4, 0.5) is 0 Å². The second kappa shape index (κ2) is 9.93. The molecule has 0 aromatic heterocycles. The highest BCUT2D eigenvalue weighted by atomic mass is 127. The van der Waals surface area contributed by atoms with Crippen LogP contribution in [0, 0.1) is 21.4 Å². The van der Waals surface area contributed by atoms with Crippen LogP contribution in [0.2, 0.25) is 0 Å². The van der Waals surface area contributed by atoms with Gasteiger partial charge in [-0.3, -0.25) is 0 Å². The molecule has 0 atom stereocenters. The van der Waals surface area contributed by atoms with E-state index in [1.54, 1.807) is 0 Å². The maximum atomic E-state index is 2.50. The van der Waals surface area contributed by atoms with E-state index in [0.29, 0.717) is 0 Å². The van der Waals surface area contributed by atoms with Gasteiger partial charge in [0.05, 0.1) is 14.3 Å². The molecule has 3 aromatic carbocycles. The predicted molar refractivity (Wildman–Crippen MR) is 158 cm³/mol. The second-order valence-electron chi connectivity index (χ2n) is 5.02. The molecule has 0 saturated heterocycles. The summed E-state index contributed by atoms with van der Waals surface area (Å²) in [5.41, 5.74) is 0. The zero-order valence-electron chi connectivity index (χ0n) is 12.4. The summed E-state index contributed by atoms with van der Waals surface area (Å²) >= 11 is 14.8. The predicted octanol–water partition coefficient (Wildman–Crippen LogP) is 8.41.